The fraction of sp³-hybridized carbons (Fsp3) is 0.286. The van der Waals surface area contributed by atoms with Gasteiger partial charge in [0.1, 0.15) is 0 Å². The Labute approximate surface area is 78.5 Å². The molecule has 77 valence electrons. The van der Waals surface area contributed by atoms with E-state index in [1.165, 1.54) is 0 Å². The van der Waals surface area contributed by atoms with Crippen molar-refractivity contribution in [1.82, 2.24) is 4.98 Å². The van der Waals surface area contributed by atoms with Crippen LogP contribution in [0.4, 0.5) is 13.2 Å². The Bertz CT molecular complexity index is 438. The monoisotopic (exact) mass is 224 g/mol. The number of rotatable bonds is 1. The van der Waals surface area contributed by atoms with Crippen LogP contribution in [-0.2, 0) is 16.0 Å². The van der Waals surface area contributed by atoms with Crippen molar-refractivity contribution < 1.29 is 21.6 Å². The first-order valence-electron chi connectivity index (χ1n) is 3.37. The molecule has 0 aliphatic rings. The van der Waals surface area contributed by atoms with E-state index < -0.39 is 26.7 Å². The zero-order valence-corrected chi connectivity index (χ0v) is 7.78. The molecule has 7 heteroatoms. The van der Waals surface area contributed by atoms with Gasteiger partial charge in [-0.15, -0.1) is 0 Å². The number of hydrogen-bond donors (Lipinski definition) is 0. The summed E-state index contributed by atoms with van der Waals surface area (Å²) in [5, 5.41) is -0.608. The van der Waals surface area contributed by atoms with E-state index >= 15 is 0 Å². The first kappa shape index (κ1) is 11.0. The van der Waals surface area contributed by atoms with E-state index in [4.69, 9.17) is 0 Å². The van der Waals surface area contributed by atoms with Gasteiger partial charge in [0.2, 0.25) is 0 Å². The van der Waals surface area contributed by atoms with Gasteiger partial charge < -0.3 is 0 Å². The summed E-state index contributed by atoms with van der Waals surface area (Å²) in [6.07, 6.45) is -3.89. The van der Waals surface area contributed by atoms with Crippen molar-refractivity contribution in [3.63, 3.8) is 0 Å². The van der Waals surface area contributed by atoms with Crippen molar-refractivity contribution in [2.24, 2.45) is 0 Å². The lowest BCUT2D eigenvalue weighted by Crippen LogP contribution is -2.11. The van der Waals surface area contributed by atoms with Gasteiger partial charge in [-0.25, -0.2) is 13.4 Å². The molecular formula is C7H5F3NO2S. The number of pyridine rings is 1. The maximum atomic E-state index is 12.1. The Morgan fingerprint density at radius 1 is 1.43 bits per heavy atom. The second-order valence-electron chi connectivity index (χ2n) is 2.55. The van der Waals surface area contributed by atoms with Crippen LogP contribution in [0, 0.1) is 6.07 Å². The third-order valence-corrected chi connectivity index (χ3v) is 2.30. The van der Waals surface area contributed by atoms with Crippen LogP contribution in [0.5, 0.6) is 0 Å². The normalized spacial score (nSPS) is 12.9. The van der Waals surface area contributed by atoms with Gasteiger partial charge in [0, 0.05) is 12.3 Å². The van der Waals surface area contributed by atoms with Crippen LogP contribution in [0.2, 0.25) is 0 Å². The molecule has 0 unspecified atom stereocenters. The topological polar surface area (TPSA) is 47.0 Å². The predicted octanol–water partition coefficient (Wildman–Crippen LogP) is 1.30. The standard InChI is InChI=1S/C7H5F3NO2S/c1-14(12,13)6-4-2-3-5(11-6)7(8,9)10/h2,4H,1H3. The number of sulfone groups is 1. The SMILES string of the molecule is CS(=O)(=O)c1cc[c]c(C(F)(F)F)n1. The molecular weight excluding hydrogens is 219 g/mol. The molecule has 0 fully saturated rings. The zero-order chi connectivity index (χ0) is 11.0. The molecule has 0 amide bonds. The minimum Gasteiger partial charge on any atom is -0.231 e. The van der Waals surface area contributed by atoms with Crippen molar-refractivity contribution in [3.8, 4) is 0 Å². The lowest BCUT2D eigenvalue weighted by molar-refractivity contribution is -0.141. The lowest BCUT2D eigenvalue weighted by Gasteiger charge is -2.05. The summed E-state index contributed by atoms with van der Waals surface area (Å²) < 4.78 is 57.9. The molecule has 0 aromatic carbocycles. The van der Waals surface area contributed by atoms with Crippen LogP contribution >= 0.6 is 0 Å². The van der Waals surface area contributed by atoms with Crippen LogP contribution in [0.1, 0.15) is 5.69 Å². The van der Waals surface area contributed by atoms with E-state index in [0.29, 0.717) is 0 Å². The fourth-order valence-corrected chi connectivity index (χ4v) is 1.30. The summed E-state index contributed by atoms with van der Waals surface area (Å²) in [5.41, 5.74) is -1.33. The van der Waals surface area contributed by atoms with Gasteiger partial charge in [-0.1, -0.05) is 0 Å². The average molecular weight is 224 g/mol. The molecule has 1 rings (SSSR count). The van der Waals surface area contributed by atoms with Crippen LogP contribution in [0.25, 0.3) is 0 Å². The van der Waals surface area contributed by atoms with Gasteiger partial charge in [-0.3, -0.25) is 0 Å². The largest absolute Gasteiger partial charge is 0.434 e. The molecule has 0 atom stereocenters. The molecule has 1 aromatic heterocycles. The number of aromatic nitrogens is 1. The Morgan fingerprint density at radius 3 is 2.43 bits per heavy atom. The highest BCUT2D eigenvalue weighted by molar-refractivity contribution is 7.90. The van der Waals surface area contributed by atoms with E-state index in [1.54, 1.807) is 0 Å². The van der Waals surface area contributed by atoms with Gasteiger partial charge in [0.25, 0.3) is 0 Å². The summed E-state index contributed by atoms with van der Waals surface area (Å²) >= 11 is 0. The van der Waals surface area contributed by atoms with E-state index in [9.17, 15) is 21.6 Å². The minimum atomic E-state index is -4.68. The van der Waals surface area contributed by atoms with Crippen LogP contribution in [-0.4, -0.2) is 19.7 Å². The van der Waals surface area contributed by atoms with Crippen LogP contribution in [0.15, 0.2) is 17.2 Å². The molecule has 0 saturated heterocycles. The summed E-state index contributed by atoms with van der Waals surface area (Å²) in [4.78, 5) is 2.95. The summed E-state index contributed by atoms with van der Waals surface area (Å²) in [5.74, 6) is 0. The smallest absolute Gasteiger partial charge is 0.231 e. The number of hydrogen-bond acceptors (Lipinski definition) is 3. The third kappa shape index (κ3) is 2.44. The quantitative estimate of drug-likeness (QED) is 0.722. The van der Waals surface area contributed by atoms with Crippen molar-refractivity contribution in [1.29, 1.82) is 0 Å². The minimum absolute atomic E-state index is 0.608. The molecule has 0 bridgehead atoms. The van der Waals surface area contributed by atoms with E-state index in [0.717, 1.165) is 18.4 Å². The highest BCUT2D eigenvalue weighted by atomic mass is 32.2. The Morgan fingerprint density at radius 2 is 2.00 bits per heavy atom. The molecule has 0 saturated carbocycles. The van der Waals surface area contributed by atoms with Gasteiger partial charge in [-0.05, 0) is 12.1 Å². The molecule has 3 nitrogen and oxygen atoms in total. The number of alkyl halides is 3. The van der Waals surface area contributed by atoms with Crippen LogP contribution in [0.3, 0.4) is 0 Å². The van der Waals surface area contributed by atoms with Crippen LogP contribution < -0.4 is 0 Å². The number of halogens is 3. The fourth-order valence-electron chi connectivity index (χ4n) is 0.723. The van der Waals surface area contributed by atoms with E-state index in [1.807, 2.05) is 6.07 Å². The molecule has 1 heterocycles. The van der Waals surface area contributed by atoms with Gasteiger partial charge in [-0.2, -0.15) is 13.2 Å². The third-order valence-electron chi connectivity index (χ3n) is 1.32. The molecule has 0 aliphatic carbocycles. The number of nitrogens with zero attached hydrogens (tertiary/aromatic N) is 1. The molecule has 0 aliphatic heterocycles. The van der Waals surface area contributed by atoms with Crippen molar-refractivity contribution in [3.05, 3.63) is 23.9 Å². The Kier molecular flexibility index (Phi) is 2.53. The first-order chi connectivity index (χ1) is 6.21. The van der Waals surface area contributed by atoms with Gasteiger partial charge >= 0.3 is 6.18 Å². The Balaban J connectivity index is 3.29. The molecule has 1 radical (unpaired) electrons. The zero-order valence-electron chi connectivity index (χ0n) is 6.96. The van der Waals surface area contributed by atoms with Crippen molar-refractivity contribution in [2.75, 3.05) is 6.26 Å². The first-order valence-corrected chi connectivity index (χ1v) is 5.26. The predicted molar refractivity (Wildman–Crippen MR) is 41.2 cm³/mol. The molecule has 14 heavy (non-hydrogen) atoms. The Hall–Kier alpha value is -1.11. The maximum Gasteiger partial charge on any atom is 0.434 e. The molecule has 0 spiro atoms. The van der Waals surface area contributed by atoms with Crippen molar-refractivity contribution >= 4 is 9.84 Å². The summed E-state index contributed by atoms with van der Waals surface area (Å²) in [7, 11) is -3.72. The summed E-state index contributed by atoms with van der Waals surface area (Å²) in [6.45, 7) is 0. The second kappa shape index (κ2) is 3.23. The van der Waals surface area contributed by atoms with E-state index in [-0.39, 0.29) is 0 Å². The molecule has 1 aromatic rings. The van der Waals surface area contributed by atoms with Gasteiger partial charge in [0.15, 0.2) is 20.6 Å². The maximum absolute atomic E-state index is 12.1. The highest BCUT2D eigenvalue weighted by Gasteiger charge is 2.33. The van der Waals surface area contributed by atoms with E-state index in [2.05, 4.69) is 4.98 Å². The van der Waals surface area contributed by atoms with Crippen molar-refractivity contribution in [2.45, 2.75) is 11.2 Å². The summed E-state index contributed by atoms with van der Waals surface area (Å²) in [6, 6.07) is 3.66. The second-order valence-corrected chi connectivity index (χ2v) is 4.51. The average Bonchev–Trinajstić information content (AvgIpc) is 2.01. The van der Waals surface area contributed by atoms with Gasteiger partial charge in [0.05, 0.1) is 0 Å². The lowest BCUT2D eigenvalue weighted by atomic mass is 10.3. The highest BCUT2D eigenvalue weighted by Crippen LogP contribution is 2.27. The molecule has 0 N–H and O–H groups in total.